The van der Waals surface area contributed by atoms with Gasteiger partial charge in [-0.15, -0.1) is 0 Å². The molecule has 5 nitrogen and oxygen atoms in total. The number of H-pyrrole nitrogens is 1. The Labute approximate surface area is 126 Å². The van der Waals surface area contributed by atoms with E-state index >= 15 is 0 Å². The number of carbonyl (C=O) groups is 1. The second kappa shape index (κ2) is 6.69. The zero-order valence-corrected chi connectivity index (χ0v) is 12.1. The van der Waals surface area contributed by atoms with Crippen molar-refractivity contribution in [2.24, 2.45) is 0 Å². The lowest BCUT2D eigenvalue weighted by molar-refractivity contribution is -0.120. The predicted octanol–water partition coefficient (Wildman–Crippen LogP) is 1.90. The van der Waals surface area contributed by atoms with Crippen LogP contribution in [0.5, 0.6) is 0 Å². The van der Waals surface area contributed by atoms with Crippen molar-refractivity contribution in [1.82, 2.24) is 15.5 Å². The minimum Gasteiger partial charge on any atom is -0.387 e. The fourth-order valence-electron chi connectivity index (χ4n) is 1.84. The van der Waals surface area contributed by atoms with Crippen LogP contribution in [0.25, 0.3) is 0 Å². The van der Waals surface area contributed by atoms with Gasteiger partial charge >= 0.3 is 0 Å². The number of halogens is 2. The first-order valence-corrected chi connectivity index (χ1v) is 6.74. The maximum Gasteiger partial charge on any atom is 0.226 e. The standard InChI is InChI=1S/C14H15ClFN3O2/c1-8-4-10(19-18-8)6-14(21)17-7-13(20)9-2-3-11(15)12(16)5-9/h2-5,13,20H,6-7H2,1H3,(H,17,21)(H,18,19). The molecule has 112 valence electrons. The van der Waals surface area contributed by atoms with Crippen molar-refractivity contribution in [3.8, 4) is 0 Å². The molecule has 1 heterocycles. The molecule has 0 aliphatic carbocycles. The van der Waals surface area contributed by atoms with Crippen molar-refractivity contribution in [2.75, 3.05) is 6.54 Å². The molecule has 0 aliphatic rings. The minimum atomic E-state index is -0.998. The van der Waals surface area contributed by atoms with E-state index in [9.17, 15) is 14.3 Å². The molecule has 2 rings (SSSR count). The molecule has 1 aromatic carbocycles. The number of aliphatic hydroxyl groups is 1. The van der Waals surface area contributed by atoms with E-state index < -0.39 is 11.9 Å². The summed E-state index contributed by atoms with van der Waals surface area (Å²) in [6.45, 7) is 1.83. The van der Waals surface area contributed by atoms with Crippen molar-refractivity contribution in [3.05, 3.63) is 52.1 Å². The van der Waals surface area contributed by atoms with Crippen molar-refractivity contribution in [2.45, 2.75) is 19.4 Å². The molecule has 0 radical (unpaired) electrons. The molecular weight excluding hydrogens is 297 g/mol. The molecule has 1 atom stereocenters. The van der Waals surface area contributed by atoms with Gasteiger partial charge in [0.15, 0.2) is 0 Å². The number of aromatic amines is 1. The lowest BCUT2D eigenvalue weighted by atomic mass is 10.1. The van der Waals surface area contributed by atoms with E-state index in [0.717, 1.165) is 11.8 Å². The second-order valence-corrected chi connectivity index (χ2v) is 5.12. The Bertz CT molecular complexity index is 645. The number of aliphatic hydroxyl groups excluding tert-OH is 1. The van der Waals surface area contributed by atoms with Gasteiger partial charge in [-0.1, -0.05) is 17.7 Å². The lowest BCUT2D eigenvalue weighted by Crippen LogP contribution is -2.29. The zero-order valence-electron chi connectivity index (χ0n) is 11.4. The third-order valence-electron chi connectivity index (χ3n) is 2.92. The molecule has 0 spiro atoms. The molecule has 1 aromatic heterocycles. The molecule has 2 aromatic rings. The number of aryl methyl sites for hydroxylation is 1. The average Bonchev–Trinajstić information content (AvgIpc) is 2.84. The van der Waals surface area contributed by atoms with Crippen LogP contribution in [0.3, 0.4) is 0 Å². The van der Waals surface area contributed by atoms with E-state index in [2.05, 4.69) is 15.5 Å². The van der Waals surface area contributed by atoms with Gasteiger partial charge in [0.2, 0.25) is 5.91 Å². The Kier molecular flexibility index (Phi) is 4.93. The number of rotatable bonds is 5. The van der Waals surface area contributed by atoms with E-state index in [1.54, 1.807) is 6.07 Å². The van der Waals surface area contributed by atoms with Gasteiger partial charge in [0, 0.05) is 12.2 Å². The van der Waals surface area contributed by atoms with E-state index in [4.69, 9.17) is 11.6 Å². The number of aromatic nitrogens is 2. The van der Waals surface area contributed by atoms with Crippen LogP contribution in [0.4, 0.5) is 4.39 Å². The summed E-state index contributed by atoms with van der Waals surface area (Å²) in [7, 11) is 0. The number of amides is 1. The van der Waals surface area contributed by atoms with Crippen LogP contribution >= 0.6 is 11.6 Å². The first-order chi connectivity index (χ1) is 9.95. The van der Waals surface area contributed by atoms with Crippen LogP contribution in [-0.2, 0) is 11.2 Å². The number of benzene rings is 1. The van der Waals surface area contributed by atoms with Crippen LogP contribution in [0.2, 0.25) is 5.02 Å². The van der Waals surface area contributed by atoms with E-state index in [1.165, 1.54) is 12.1 Å². The van der Waals surface area contributed by atoms with Gasteiger partial charge in [-0.2, -0.15) is 5.10 Å². The van der Waals surface area contributed by atoms with Crippen molar-refractivity contribution in [1.29, 1.82) is 0 Å². The summed E-state index contributed by atoms with van der Waals surface area (Å²) >= 11 is 5.57. The minimum absolute atomic E-state index is 0.0103. The van der Waals surface area contributed by atoms with Crippen LogP contribution in [0.1, 0.15) is 23.1 Å². The van der Waals surface area contributed by atoms with E-state index in [-0.39, 0.29) is 23.9 Å². The fraction of sp³-hybridized carbons (Fsp3) is 0.286. The molecular formula is C14H15ClFN3O2. The first kappa shape index (κ1) is 15.5. The second-order valence-electron chi connectivity index (χ2n) is 4.71. The quantitative estimate of drug-likeness (QED) is 0.789. The van der Waals surface area contributed by atoms with Crippen LogP contribution in [0, 0.1) is 12.7 Å². The predicted molar refractivity (Wildman–Crippen MR) is 76.4 cm³/mol. The highest BCUT2D eigenvalue weighted by Crippen LogP contribution is 2.19. The monoisotopic (exact) mass is 311 g/mol. The van der Waals surface area contributed by atoms with Gasteiger partial charge in [0.1, 0.15) is 5.82 Å². The van der Waals surface area contributed by atoms with Gasteiger partial charge in [-0.3, -0.25) is 9.89 Å². The Morgan fingerprint density at radius 1 is 1.52 bits per heavy atom. The largest absolute Gasteiger partial charge is 0.387 e. The highest BCUT2D eigenvalue weighted by Gasteiger charge is 2.12. The zero-order chi connectivity index (χ0) is 15.4. The average molecular weight is 312 g/mol. The third kappa shape index (κ3) is 4.27. The Balaban J connectivity index is 1.86. The summed E-state index contributed by atoms with van der Waals surface area (Å²) < 4.78 is 13.3. The molecule has 3 N–H and O–H groups in total. The van der Waals surface area contributed by atoms with Crippen LogP contribution < -0.4 is 5.32 Å². The molecule has 1 unspecified atom stereocenters. The lowest BCUT2D eigenvalue weighted by Gasteiger charge is -2.12. The highest BCUT2D eigenvalue weighted by molar-refractivity contribution is 6.30. The van der Waals surface area contributed by atoms with Crippen LogP contribution in [0.15, 0.2) is 24.3 Å². The normalized spacial score (nSPS) is 12.2. The molecule has 7 heteroatoms. The fourth-order valence-corrected chi connectivity index (χ4v) is 1.96. The summed E-state index contributed by atoms with van der Waals surface area (Å²) in [5, 5.41) is 19.2. The van der Waals surface area contributed by atoms with Crippen molar-refractivity contribution >= 4 is 17.5 Å². The SMILES string of the molecule is Cc1cc(CC(=O)NCC(O)c2ccc(Cl)c(F)c2)n[nH]1. The van der Waals surface area contributed by atoms with Gasteiger partial charge in [0.25, 0.3) is 0 Å². The summed E-state index contributed by atoms with van der Waals surface area (Å²) in [6, 6.07) is 5.80. The highest BCUT2D eigenvalue weighted by atomic mass is 35.5. The Morgan fingerprint density at radius 2 is 2.29 bits per heavy atom. The number of nitrogens with zero attached hydrogens (tertiary/aromatic N) is 1. The van der Waals surface area contributed by atoms with E-state index in [1.807, 2.05) is 6.92 Å². The van der Waals surface area contributed by atoms with E-state index in [0.29, 0.717) is 11.3 Å². The van der Waals surface area contributed by atoms with Crippen molar-refractivity contribution < 1.29 is 14.3 Å². The van der Waals surface area contributed by atoms with Crippen molar-refractivity contribution in [3.63, 3.8) is 0 Å². The Hall–Kier alpha value is -1.92. The molecule has 21 heavy (non-hydrogen) atoms. The smallest absolute Gasteiger partial charge is 0.226 e. The maximum atomic E-state index is 13.3. The van der Waals surface area contributed by atoms with Gasteiger partial charge in [-0.25, -0.2) is 4.39 Å². The number of hydrogen-bond acceptors (Lipinski definition) is 3. The maximum absolute atomic E-state index is 13.3. The molecule has 1 amide bonds. The molecule has 0 saturated carbocycles. The summed E-state index contributed by atoms with van der Waals surface area (Å²) in [4.78, 5) is 11.7. The molecule has 0 fully saturated rings. The number of nitrogens with one attached hydrogen (secondary N) is 2. The van der Waals surface area contributed by atoms with Gasteiger partial charge in [-0.05, 0) is 30.7 Å². The number of carbonyl (C=O) groups excluding carboxylic acids is 1. The number of hydrogen-bond donors (Lipinski definition) is 3. The third-order valence-corrected chi connectivity index (χ3v) is 3.23. The Morgan fingerprint density at radius 3 is 2.90 bits per heavy atom. The molecule has 0 bridgehead atoms. The summed E-state index contributed by atoms with van der Waals surface area (Å²) in [5.41, 5.74) is 1.85. The summed E-state index contributed by atoms with van der Waals surface area (Å²) in [6.07, 6.45) is -0.881. The molecule has 0 aliphatic heterocycles. The van der Waals surface area contributed by atoms with Gasteiger partial charge < -0.3 is 10.4 Å². The molecule has 0 saturated heterocycles. The summed E-state index contributed by atoms with van der Waals surface area (Å²) in [5.74, 6) is -0.874. The van der Waals surface area contributed by atoms with Gasteiger partial charge in [0.05, 0.1) is 23.2 Å². The topological polar surface area (TPSA) is 78.0 Å². The first-order valence-electron chi connectivity index (χ1n) is 6.36. The van der Waals surface area contributed by atoms with Crippen LogP contribution in [-0.4, -0.2) is 27.8 Å².